The van der Waals surface area contributed by atoms with Crippen molar-refractivity contribution in [2.75, 3.05) is 6.54 Å². The number of hydrogen-bond acceptors (Lipinski definition) is 1. The van der Waals surface area contributed by atoms with Crippen molar-refractivity contribution in [1.29, 1.82) is 0 Å². The fourth-order valence-electron chi connectivity index (χ4n) is 1.13. The van der Waals surface area contributed by atoms with Crippen LogP contribution in [0.4, 0.5) is 0 Å². The zero-order valence-corrected chi connectivity index (χ0v) is 12.6. The Morgan fingerprint density at radius 3 is 1.94 bits per heavy atom. The van der Waals surface area contributed by atoms with E-state index in [0.717, 1.165) is 24.3 Å². The van der Waals surface area contributed by atoms with Gasteiger partial charge in [-0.2, -0.15) is 0 Å². The van der Waals surface area contributed by atoms with Crippen molar-refractivity contribution in [3.63, 3.8) is 0 Å². The van der Waals surface area contributed by atoms with Crippen LogP contribution in [-0.2, 0) is 17.4 Å². The maximum Gasteiger partial charge on any atom is 0.124 e. The fraction of sp³-hybridized carbons (Fsp3) is 0.538. The average molecular weight is 277 g/mol. The summed E-state index contributed by atoms with van der Waals surface area (Å²) in [5.41, 5.74) is 1.28. The molecular formula is C13H27NO3S. The Morgan fingerprint density at radius 2 is 1.56 bits per heavy atom. The maximum atomic E-state index is 11.6. The highest BCUT2D eigenvalue weighted by Crippen LogP contribution is 2.07. The molecule has 0 aromatic heterocycles. The summed E-state index contributed by atoms with van der Waals surface area (Å²) in [6.07, 6.45) is 2.02. The van der Waals surface area contributed by atoms with Gasteiger partial charge < -0.3 is 11.0 Å². The molecule has 0 heterocycles. The second-order valence-electron chi connectivity index (χ2n) is 3.16. The second-order valence-corrected chi connectivity index (χ2v) is 4.46. The van der Waals surface area contributed by atoms with Crippen molar-refractivity contribution in [2.45, 2.75) is 45.4 Å². The van der Waals surface area contributed by atoms with Gasteiger partial charge in [0.2, 0.25) is 0 Å². The van der Waals surface area contributed by atoms with Gasteiger partial charge in [0, 0.05) is 6.54 Å². The van der Waals surface area contributed by atoms with Gasteiger partial charge in [0.25, 0.3) is 0 Å². The SMILES string of the molecule is CC.CCCNS(=O)c1ccc(CC)cc1.O.O. The minimum absolute atomic E-state index is 0. The first kappa shape index (κ1) is 22.4. The Labute approximate surface area is 113 Å². The van der Waals surface area contributed by atoms with Gasteiger partial charge in [0.05, 0.1) is 4.90 Å². The first-order valence-electron chi connectivity index (χ1n) is 6.02. The second kappa shape index (κ2) is 14.3. The van der Waals surface area contributed by atoms with Crippen molar-refractivity contribution in [3.8, 4) is 0 Å². The highest BCUT2D eigenvalue weighted by atomic mass is 32.2. The molecule has 1 aromatic carbocycles. The zero-order valence-electron chi connectivity index (χ0n) is 11.7. The van der Waals surface area contributed by atoms with E-state index in [1.807, 2.05) is 38.1 Å². The quantitative estimate of drug-likeness (QED) is 0.870. The van der Waals surface area contributed by atoms with Crippen LogP contribution in [-0.4, -0.2) is 21.7 Å². The van der Waals surface area contributed by atoms with Gasteiger partial charge in [-0.25, -0.2) is 8.93 Å². The van der Waals surface area contributed by atoms with Crippen LogP contribution in [0.15, 0.2) is 29.2 Å². The molecule has 0 amide bonds. The predicted octanol–water partition coefficient (Wildman–Crippen LogP) is 1.65. The van der Waals surface area contributed by atoms with Gasteiger partial charge in [0.1, 0.15) is 11.0 Å². The fourth-order valence-corrected chi connectivity index (χ4v) is 2.07. The molecule has 5 heteroatoms. The molecule has 0 spiro atoms. The van der Waals surface area contributed by atoms with Crippen LogP contribution in [0.25, 0.3) is 0 Å². The lowest BCUT2D eigenvalue weighted by Gasteiger charge is -2.03. The molecule has 1 unspecified atom stereocenters. The molecule has 0 radical (unpaired) electrons. The molecule has 1 aromatic rings. The molecule has 0 bridgehead atoms. The lowest BCUT2D eigenvalue weighted by atomic mass is 10.2. The van der Waals surface area contributed by atoms with Crippen LogP contribution >= 0.6 is 0 Å². The molecule has 0 aliphatic rings. The Morgan fingerprint density at radius 1 is 1.06 bits per heavy atom. The van der Waals surface area contributed by atoms with Crippen molar-refractivity contribution >= 4 is 11.0 Å². The Kier molecular flexibility index (Phi) is 17.8. The number of aryl methyl sites for hydroxylation is 1. The topological polar surface area (TPSA) is 92.1 Å². The maximum absolute atomic E-state index is 11.6. The molecule has 18 heavy (non-hydrogen) atoms. The first-order valence-corrected chi connectivity index (χ1v) is 7.17. The monoisotopic (exact) mass is 277 g/mol. The number of benzene rings is 1. The van der Waals surface area contributed by atoms with Crippen LogP contribution in [0.3, 0.4) is 0 Å². The minimum atomic E-state index is -1.04. The molecule has 0 saturated carbocycles. The lowest BCUT2D eigenvalue weighted by Crippen LogP contribution is -2.17. The van der Waals surface area contributed by atoms with Crippen LogP contribution in [0.2, 0.25) is 0 Å². The van der Waals surface area contributed by atoms with Gasteiger partial charge in [-0.05, 0) is 30.5 Å². The predicted molar refractivity (Wildman–Crippen MR) is 79.1 cm³/mol. The van der Waals surface area contributed by atoms with E-state index in [1.54, 1.807) is 0 Å². The van der Waals surface area contributed by atoms with Gasteiger partial charge >= 0.3 is 0 Å². The molecule has 0 aliphatic heterocycles. The summed E-state index contributed by atoms with van der Waals surface area (Å²) >= 11 is 0. The molecule has 108 valence electrons. The number of rotatable bonds is 5. The van der Waals surface area contributed by atoms with Crippen LogP contribution in [0.1, 0.15) is 39.7 Å². The van der Waals surface area contributed by atoms with E-state index in [-0.39, 0.29) is 11.0 Å². The Balaban J connectivity index is -0.000000534. The van der Waals surface area contributed by atoms with Crippen LogP contribution in [0, 0.1) is 0 Å². The number of nitrogens with one attached hydrogen (secondary N) is 1. The van der Waals surface area contributed by atoms with E-state index in [4.69, 9.17) is 0 Å². The Hall–Kier alpha value is -0.750. The van der Waals surface area contributed by atoms with E-state index in [2.05, 4.69) is 18.6 Å². The Bertz CT molecular complexity index is 302. The molecule has 0 saturated heterocycles. The molecular weight excluding hydrogens is 250 g/mol. The summed E-state index contributed by atoms with van der Waals surface area (Å²) in [5, 5.41) is 0. The third-order valence-electron chi connectivity index (χ3n) is 2.03. The summed E-state index contributed by atoms with van der Waals surface area (Å²) in [4.78, 5) is 0.857. The van der Waals surface area contributed by atoms with Gasteiger partial charge in [-0.1, -0.05) is 39.8 Å². The lowest BCUT2D eigenvalue weighted by molar-refractivity contribution is 0.670. The van der Waals surface area contributed by atoms with E-state index in [9.17, 15) is 4.21 Å². The summed E-state index contributed by atoms with van der Waals surface area (Å²) in [5.74, 6) is 0. The highest BCUT2D eigenvalue weighted by molar-refractivity contribution is 7.83. The summed E-state index contributed by atoms with van der Waals surface area (Å²) in [6, 6.07) is 7.91. The van der Waals surface area contributed by atoms with Crippen LogP contribution < -0.4 is 4.72 Å². The average Bonchev–Trinajstić information content (AvgIpc) is 2.38. The summed E-state index contributed by atoms with van der Waals surface area (Å²) in [7, 11) is -1.04. The smallest absolute Gasteiger partial charge is 0.124 e. The van der Waals surface area contributed by atoms with Crippen molar-refractivity contribution in [1.82, 2.24) is 4.72 Å². The molecule has 1 atom stereocenters. The summed E-state index contributed by atoms with van der Waals surface area (Å²) in [6.45, 7) is 8.97. The third-order valence-corrected chi connectivity index (χ3v) is 3.20. The molecule has 5 N–H and O–H groups in total. The van der Waals surface area contributed by atoms with E-state index >= 15 is 0 Å². The molecule has 4 nitrogen and oxygen atoms in total. The van der Waals surface area contributed by atoms with Crippen molar-refractivity contribution in [3.05, 3.63) is 29.8 Å². The minimum Gasteiger partial charge on any atom is -0.412 e. The highest BCUT2D eigenvalue weighted by Gasteiger charge is 2.01. The van der Waals surface area contributed by atoms with Crippen molar-refractivity contribution in [2.24, 2.45) is 0 Å². The van der Waals surface area contributed by atoms with Gasteiger partial charge in [0.15, 0.2) is 0 Å². The normalized spacial score (nSPS) is 10.2. The first-order chi connectivity index (χ1) is 7.77. The van der Waals surface area contributed by atoms with E-state index in [1.165, 1.54) is 5.56 Å². The molecule has 1 rings (SSSR count). The van der Waals surface area contributed by atoms with E-state index in [0.29, 0.717) is 0 Å². The van der Waals surface area contributed by atoms with Crippen LogP contribution in [0.5, 0.6) is 0 Å². The largest absolute Gasteiger partial charge is 0.412 e. The summed E-state index contributed by atoms with van der Waals surface area (Å²) < 4.78 is 14.6. The zero-order chi connectivity index (χ0) is 12.4. The molecule has 0 fully saturated rings. The van der Waals surface area contributed by atoms with E-state index < -0.39 is 11.0 Å². The van der Waals surface area contributed by atoms with Gasteiger partial charge in [-0.3, -0.25) is 0 Å². The third kappa shape index (κ3) is 8.36. The van der Waals surface area contributed by atoms with Gasteiger partial charge in [-0.15, -0.1) is 0 Å². The number of hydrogen-bond donors (Lipinski definition) is 1. The molecule has 0 aliphatic carbocycles. The van der Waals surface area contributed by atoms with Crippen molar-refractivity contribution < 1.29 is 15.2 Å². The standard InChI is InChI=1S/C11H17NOS.C2H6.2H2O/c1-3-9-12-14(13)11-7-5-10(4-2)6-8-11;1-2;;/h5-8,12H,3-4,9H2,1-2H3;1-2H3;2*1H2.